The van der Waals surface area contributed by atoms with Crippen molar-refractivity contribution in [3.8, 4) is 11.3 Å². The van der Waals surface area contributed by atoms with Crippen LogP contribution in [0, 0.1) is 0 Å². The van der Waals surface area contributed by atoms with Crippen LogP contribution in [-0.4, -0.2) is 70.0 Å². The zero-order chi connectivity index (χ0) is 24.8. The number of anilines is 1. The summed E-state index contributed by atoms with van der Waals surface area (Å²) in [5, 5.41) is 5.97. The molecule has 1 aliphatic rings. The number of nitrogens with one attached hydrogen (secondary N) is 2. The number of urea groups is 1. The number of hydrogen-bond donors (Lipinski definition) is 2. The molecule has 0 saturated carbocycles. The molecule has 0 aliphatic carbocycles. The molecule has 2 atom stereocenters. The van der Waals surface area contributed by atoms with E-state index in [0.29, 0.717) is 24.5 Å². The highest BCUT2D eigenvalue weighted by Crippen LogP contribution is 2.30. The molecule has 2 aromatic carbocycles. The van der Waals surface area contributed by atoms with Gasteiger partial charge in [-0.25, -0.2) is 13.2 Å². The number of nitrogens with zero attached hydrogens (tertiary/aromatic N) is 2. The van der Waals surface area contributed by atoms with Gasteiger partial charge < -0.3 is 15.4 Å². The van der Waals surface area contributed by atoms with Crippen molar-refractivity contribution in [2.24, 2.45) is 0 Å². The van der Waals surface area contributed by atoms with Gasteiger partial charge >= 0.3 is 6.03 Å². The standard InChI is InChI=1S/C26H30N4O4S/c1-34-14-13-30-17-22(19-9-5-3-6-10-19)24(18-30)29-26(31)28-23-15-21(35(2,32)33)16-27-25(23)20-11-7-4-8-12-20/h3-12,15-16,22,24H,13-14,17-18H2,1-2H3,(H2,28,29,31)/t22-,24?/m0/s1. The maximum absolute atomic E-state index is 13.2. The van der Waals surface area contributed by atoms with Gasteiger partial charge in [-0.2, -0.15) is 0 Å². The molecule has 1 saturated heterocycles. The van der Waals surface area contributed by atoms with Gasteiger partial charge in [-0.3, -0.25) is 9.88 Å². The Kier molecular flexibility index (Phi) is 7.80. The van der Waals surface area contributed by atoms with Crippen LogP contribution >= 0.6 is 0 Å². The molecule has 1 aliphatic heterocycles. The predicted octanol–water partition coefficient (Wildman–Crippen LogP) is 3.39. The highest BCUT2D eigenvalue weighted by molar-refractivity contribution is 7.90. The average molecular weight is 495 g/mol. The molecule has 184 valence electrons. The topological polar surface area (TPSA) is 101 Å². The molecule has 35 heavy (non-hydrogen) atoms. The minimum atomic E-state index is -3.50. The van der Waals surface area contributed by atoms with Crippen LogP contribution in [0.25, 0.3) is 11.3 Å². The number of likely N-dealkylation sites (tertiary alicyclic amines) is 1. The molecular formula is C26H30N4O4S. The van der Waals surface area contributed by atoms with E-state index in [2.05, 4.69) is 32.7 Å². The van der Waals surface area contributed by atoms with E-state index >= 15 is 0 Å². The SMILES string of the molecule is COCCN1CC(NC(=O)Nc2cc(S(C)(=O)=O)cnc2-c2ccccc2)[C@H](c2ccccc2)C1. The van der Waals surface area contributed by atoms with Crippen molar-refractivity contribution in [1.82, 2.24) is 15.2 Å². The minimum absolute atomic E-state index is 0.0428. The van der Waals surface area contributed by atoms with Crippen molar-refractivity contribution in [3.05, 3.63) is 78.5 Å². The summed E-state index contributed by atoms with van der Waals surface area (Å²) in [6.07, 6.45) is 2.43. The van der Waals surface area contributed by atoms with E-state index in [1.54, 1.807) is 7.11 Å². The third-order valence-electron chi connectivity index (χ3n) is 6.14. The number of sulfone groups is 1. The molecule has 9 heteroatoms. The second-order valence-electron chi connectivity index (χ2n) is 8.68. The van der Waals surface area contributed by atoms with Crippen LogP contribution in [0.2, 0.25) is 0 Å². The lowest BCUT2D eigenvalue weighted by atomic mass is 9.94. The molecule has 1 fully saturated rings. The Balaban J connectivity index is 1.57. The highest BCUT2D eigenvalue weighted by atomic mass is 32.2. The maximum Gasteiger partial charge on any atom is 0.319 e. The van der Waals surface area contributed by atoms with E-state index in [4.69, 9.17) is 4.74 Å². The van der Waals surface area contributed by atoms with Crippen molar-refractivity contribution < 1.29 is 17.9 Å². The van der Waals surface area contributed by atoms with Gasteiger partial charge in [0.25, 0.3) is 0 Å². The van der Waals surface area contributed by atoms with E-state index < -0.39 is 15.9 Å². The van der Waals surface area contributed by atoms with E-state index in [9.17, 15) is 13.2 Å². The zero-order valence-electron chi connectivity index (χ0n) is 19.8. The number of carbonyl (C=O) groups excluding carboxylic acids is 1. The first-order valence-corrected chi connectivity index (χ1v) is 13.3. The molecule has 1 unspecified atom stereocenters. The quantitative estimate of drug-likeness (QED) is 0.498. The van der Waals surface area contributed by atoms with Crippen molar-refractivity contribution in [2.75, 3.05) is 44.9 Å². The Hall–Kier alpha value is -3.27. The first-order valence-electron chi connectivity index (χ1n) is 11.4. The lowest BCUT2D eigenvalue weighted by molar-refractivity contribution is 0.159. The van der Waals surface area contributed by atoms with Crippen LogP contribution in [-0.2, 0) is 14.6 Å². The number of benzene rings is 2. The molecule has 1 aromatic heterocycles. The summed E-state index contributed by atoms with van der Waals surface area (Å²) in [6, 6.07) is 20.4. The lowest BCUT2D eigenvalue weighted by Crippen LogP contribution is -2.42. The summed E-state index contributed by atoms with van der Waals surface area (Å²) in [7, 11) is -1.82. The number of pyridine rings is 1. The fourth-order valence-electron chi connectivity index (χ4n) is 4.37. The van der Waals surface area contributed by atoms with Gasteiger partial charge in [0.15, 0.2) is 9.84 Å². The Morgan fingerprint density at radius 3 is 2.43 bits per heavy atom. The van der Waals surface area contributed by atoms with E-state index in [1.807, 2.05) is 48.5 Å². The summed E-state index contributed by atoms with van der Waals surface area (Å²) in [6.45, 7) is 2.88. The number of carbonyl (C=O) groups is 1. The normalized spacial score (nSPS) is 18.3. The second-order valence-corrected chi connectivity index (χ2v) is 10.7. The van der Waals surface area contributed by atoms with Gasteiger partial charge in [0.1, 0.15) is 0 Å². The largest absolute Gasteiger partial charge is 0.383 e. The first-order chi connectivity index (χ1) is 16.8. The fraction of sp³-hybridized carbons (Fsp3) is 0.308. The summed E-state index contributed by atoms with van der Waals surface area (Å²) < 4.78 is 29.5. The van der Waals surface area contributed by atoms with Crippen molar-refractivity contribution >= 4 is 21.6 Å². The monoisotopic (exact) mass is 494 g/mol. The van der Waals surface area contributed by atoms with Crippen molar-refractivity contribution in [3.63, 3.8) is 0 Å². The fourth-order valence-corrected chi connectivity index (χ4v) is 4.95. The van der Waals surface area contributed by atoms with Crippen LogP contribution in [0.15, 0.2) is 77.8 Å². The van der Waals surface area contributed by atoms with Crippen LogP contribution in [0.1, 0.15) is 11.5 Å². The predicted molar refractivity (Wildman–Crippen MR) is 136 cm³/mol. The highest BCUT2D eigenvalue weighted by Gasteiger charge is 2.34. The Bertz CT molecular complexity index is 1250. The lowest BCUT2D eigenvalue weighted by Gasteiger charge is -2.21. The third-order valence-corrected chi connectivity index (χ3v) is 7.22. The van der Waals surface area contributed by atoms with Crippen LogP contribution in [0.5, 0.6) is 0 Å². The van der Waals surface area contributed by atoms with Gasteiger partial charge in [0.2, 0.25) is 0 Å². The third kappa shape index (κ3) is 6.25. The molecule has 2 N–H and O–H groups in total. The minimum Gasteiger partial charge on any atom is -0.383 e. The molecule has 8 nitrogen and oxygen atoms in total. The summed E-state index contributed by atoms with van der Waals surface area (Å²) in [5.74, 6) is 0.118. The molecule has 0 spiro atoms. The summed E-state index contributed by atoms with van der Waals surface area (Å²) in [4.78, 5) is 19.8. The van der Waals surface area contributed by atoms with Gasteiger partial charge in [0, 0.05) is 50.7 Å². The first kappa shape index (κ1) is 24.8. The second kappa shape index (κ2) is 11.0. The van der Waals surface area contributed by atoms with Gasteiger partial charge in [-0.15, -0.1) is 0 Å². The Labute approximate surface area is 206 Å². The average Bonchev–Trinajstić information content (AvgIpc) is 3.25. The van der Waals surface area contributed by atoms with Crippen molar-refractivity contribution in [1.29, 1.82) is 0 Å². The summed E-state index contributed by atoms with van der Waals surface area (Å²) in [5.41, 5.74) is 2.77. The molecule has 2 amide bonds. The maximum atomic E-state index is 13.2. The smallest absolute Gasteiger partial charge is 0.319 e. The Morgan fingerprint density at radius 1 is 1.09 bits per heavy atom. The Morgan fingerprint density at radius 2 is 1.77 bits per heavy atom. The molecule has 0 bridgehead atoms. The number of ether oxygens (including phenoxy) is 1. The number of hydrogen-bond acceptors (Lipinski definition) is 6. The summed E-state index contributed by atoms with van der Waals surface area (Å²) >= 11 is 0. The van der Waals surface area contributed by atoms with Crippen LogP contribution < -0.4 is 10.6 Å². The van der Waals surface area contributed by atoms with Gasteiger partial charge in [-0.05, 0) is 11.6 Å². The van der Waals surface area contributed by atoms with Crippen LogP contribution in [0.4, 0.5) is 10.5 Å². The molecule has 0 radical (unpaired) electrons. The van der Waals surface area contributed by atoms with Gasteiger partial charge in [0.05, 0.1) is 28.9 Å². The molecule has 2 heterocycles. The number of rotatable bonds is 8. The number of methoxy groups -OCH3 is 1. The van der Waals surface area contributed by atoms with Gasteiger partial charge in [-0.1, -0.05) is 60.7 Å². The van der Waals surface area contributed by atoms with Crippen LogP contribution in [0.3, 0.4) is 0 Å². The number of aromatic nitrogens is 1. The molecule has 3 aromatic rings. The van der Waals surface area contributed by atoms with E-state index in [0.717, 1.165) is 30.5 Å². The number of amides is 2. The van der Waals surface area contributed by atoms with E-state index in [1.165, 1.54) is 12.3 Å². The zero-order valence-corrected chi connectivity index (χ0v) is 20.7. The van der Waals surface area contributed by atoms with Crippen molar-refractivity contribution in [2.45, 2.75) is 16.9 Å². The molecular weight excluding hydrogens is 464 g/mol. The molecule has 4 rings (SSSR count). The van der Waals surface area contributed by atoms with E-state index in [-0.39, 0.29) is 16.9 Å².